The van der Waals surface area contributed by atoms with E-state index in [-0.39, 0.29) is 5.92 Å². The summed E-state index contributed by atoms with van der Waals surface area (Å²) >= 11 is 0. The highest BCUT2D eigenvalue weighted by Crippen LogP contribution is 2.15. The molecule has 1 aromatic rings. The standard InChI is InChI=1S/C15H22N2O/c1-3-17(10-11-18-4-2)13-15(12-16)14-8-6-5-7-9-14/h5-9,15H,3-4,10-11,13H2,1-2H3. The summed E-state index contributed by atoms with van der Waals surface area (Å²) in [6.07, 6.45) is 0. The Morgan fingerprint density at radius 3 is 2.56 bits per heavy atom. The molecule has 0 fully saturated rings. The summed E-state index contributed by atoms with van der Waals surface area (Å²) in [5.74, 6) is -0.0622. The van der Waals surface area contributed by atoms with E-state index in [1.807, 2.05) is 37.3 Å². The lowest BCUT2D eigenvalue weighted by Crippen LogP contribution is -2.31. The van der Waals surface area contributed by atoms with Crippen molar-refractivity contribution in [2.75, 3.05) is 32.8 Å². The first-order valence-electron chi connectivity index (χ1n) is 6.56. The molecule has 98 valence electrons. The van der Waals surface area contributed by atoms with Crippen molar-refractivity contribution < 1.29 is 4.74 Å². The van der Waals surface area contributed by atoms with Crippen molar-refractivity contribution in [2.24, 2.45) is 0 Å². The Bertz CT molecular complexity index is 359. The van der Waals surface area contributed by atoms with Crippen LogP contribution in [0.15, 0.2) is 30.3 Å². The van der Waals surface area contributed by atoms with E-state index in [0.29, 0.717) is 0 Å². The number of nitriles is 1. The Labute approximate surface area is 110 Å². The van der Waals surface area contributed by atoms with E-state index in [4.69, 9.17) is 4.74 Å². The molecule has 1 unspecified atom stereocenters. The molecule has 0 aliphatic carbocycles. The van der Waals surface area contributed by atoms with Gasteiger partial charge in [-0.1, -0.05) is 37.3 Å². The maximum Gasteiger partial charge on any atom is 0.0839 e. The number of hydrogen-bond acceptors (Lipinski definition) is 3. The highest BCUT2D eigenvalue weighted by atomic mass is 16.5. The summed E-state index contributed by atoms with van der Waals surface area (Å²) < 4.78 is 5.36. The first-order valence-corrected chi connectivity index (χ1v) is 6.56. The maximum atomic E-state index is 9.29. The lowest BCUT2D eigenvalue weighted by Gasteiger charge is -2.23. The second-order valence-electron chi connectivity index (χ2n) is 4.18. The van der Waals surface area contributed by atoms with E-state index in [9.17, 15) is 5.26 Å². The van der Waals surface area contributed by atoms with Crippen molar-refractivity contribution in [2.45, 2.75) is 19.8 Å². The molecular weight excluding hydrogens is 224 g/mol. The summed E-state index contributed by atoms with van der Waals surface area (Å²) in [5.41, 5.74) is 1.09. The van der Waals surface area contributed by atoms with E-state index >= 15 is 0 Å². The molecule has 18 heavy (non-hydrogen) atoms. The van der Waals surface area contributed by atoms with Gasteiger partial charge in [-0.25, -0.2) is 0 Å². The third-order valence-electron chi connectivity index (χ3n) is 3.00. The Morgan fingerprint density at radius 1 is 1.28 bits per heavy atom. The van der Waals surface area contributed by atoms with Crippen LogP contribution in [0.1, 0.15) is 25.3 Å². The van der Waals surface area contributed by atoms with Gasteiger partial charge in [0.15, 0.2) is 0 Å². The van der Waals surface area contributed by atoms with Crippen molar-refractivity contribution in [3.8, 4) is 6.07 Å². The summed E-state index contributed by atoms with van der Waals surface area (Å²) in [6.45, 7) is 8.19. The molecule has 0 heterocycles. The maximum absolute atomic E-state index is 9.29. The van der Waals surface area contributed by atoms with Crippen LogP contribution in [0.2, 0.25) is 0 Å². The van der Waals surface area contributed by atoms with Gasteiger partial charge in [-0.05, 0) is 19.0 Å². The van der Waals surface area contributed by atoms with Crippen LogP contribution in [-0.2, 0) is 4.74 Å². The van der Waals surface area contributed by atoms with E-state index < -0.39 is 0 Å². The normalized spacial score (nSPS) is 12.3. The van der Waals surface area contributed by atoms with Crippen LogP contribution in [-0.4, -0.2) is 37.7 Å². The zero-order valence-electron chi connectivity index (χ0n) is 11.3. The van der Waals surface area contributed by atoms with Crippen LogP contribution < -0.4 is 0 Å². The Morgan fingerprint density at radius 2 is 2.00 bits per heavy atom. The SMILES string of the molecule is CCOCCN(CC)CC(C#N)c1ccccc1. The molecule has 0 saturated heterocycles. The summed E-state index contributed by atoms with van der Waals surface area (Å²) in [5, 5.41) is 9.29. The zero-order chi connectivity index (χ0) is 13.2. The van der Waals surface area contributed by atoms with Crippen molar-refractivity contribution in [1.29, 1.82) is 5.26 Å². The Balaban J connectivity index is 2.53. The number of hydrogen-bond donors (Lipinski definition) is 0. The smallest absolute Gasteiger partial charge is 0.0839 e. The number of ether oxygens (including phenoxy) is 1. The van der Waals surface area contributed by atoms with Gasteiger partial charge in [0.2, 0.25) is 0 Å². The number of likely N-dealkylation sites (N-methyl/N-ethyl adjacent to an activating group) is 1. The molecule has 1 aromatic carbocycles. The summed E-state index contributed by atoms with van der Waals surface area (Å²) in [6, 6.07) is 12.4. The van der Waals surface area contributed by atoms with Gasteiger partial charge in [0.25, 0.3) is 0 Å². The number of rotatable bonds is 8. The molecule has 0 aromatic heterocycles. The average molecular weight is 246 g/mol. The first kappa shape index (κ1) is 14.7. The third-order valence-corrected chi connectivity index (χ3v) is 3.00. The number of benzene rings is 1. The highest BCUT2D eigenvalue weighted by molar-refractivity contribution is 5.25. The van der Waals surface area contributed by atoms with E-state index in [0.717, 1.165) is 38.4 Å². The molecule has 3 heteroatoms. The molecule has 0 aliphatic heterocycles. The fourth-order valence-electron chi connectivity index (χ4n) is 1.88. The van der Waals surface area contributed by atoms with Gasteiger partial charge in [0, 0.05) is 19.7 Å². The average Bonchev–Trinajstić information content (AvgIpc) is 2.43. The molecule has 0 saturated carbocycles. The van der Waals surface area contributed by atoms with Gasteiger partial charge in [-0.3, -0.25) is 4.90 Å². The van der Waals surface area contributed by atoms with Gasteiger partial charge < -0.3 is 4.74 Å². The van der Waals surface area contributed by atoms with Crippen molar-refractivity contribution in [3.05, 3.63) is 35.9 Å². The predicted molar refractivity (Wildman–Crippen MR) is 73.4 cm³/mol. The van der Waals surface area contributed by atoms with Gasteiger partial charge in [0.05, 0.1) is 18.6 Å². The van der Waals surface area contributed by atoms with Crippen LogP contribution in [0.5, 0.6) is 0 Å². The third kappa shape index (κ3) is 4.87. The topological polar surface area (TPSA) is 36.3 Å². The minimum absolute atomic E-state index is 0.0622. The van der Waals surface area contributed by atoms with Crippen molar-refractivity contribution >= 4 is 0 Å². The van der Waals surface area contributed by atoms with Crippen LogP contribution in [0, 0.1) is 11.3 Å². The molecule has 1 atom stereocenters. The van der Waals surface area contributed by atoms with E-state index in [2.05, 4.69) is 17.9 Å². The molecule has 0 radical (unpaired) electrons. The van der Waals surface area contributed by atoms with Gasteiger partial charge in [0.1, 0.15) is 0 Å². The second kappa shape index (κ2) is 8.68. The molecule has 3 nitrogen and oxygen atoms in total. The van der Waals surface area contributed by atoms with E-state index in [1.54, 1.807) is 0 Å². The van der Waals surface area contributed by atoms with E-state index in [1.165, 1.54) is 0 Å². The molecule has 0 spiro atoms. The largest absolute Gasteiger partial charge is 0.380 e. The lowest BCUT2D eigenvalue weighted by molar-refractivity contribution is 0.114. The van der Waals surface area contributed by atoms with Crippen LogP contribution in [0.4, 0.5) is 0 Å². The second-order valence-corrected chi connectivity index (χ2v) is 4.18. The molecule has 0 bridgehead atoms. The highest BCUT2D eigenvalue weighted by Gasteiger charge is 2.14. The minimum Gasteiger partial charge on any atom is -0.380 e. The fourth-order valence-corrected chi connectivity index (χ4v) is 1.88. The van der Waals surface area contributed by atoms with Gasteiger partial charge in [-0.2, -0.15) is 5.26 Å². The summed E-state index contributed by atoms with van der Waals surface area (Å²) in [4.78, 5) is 2.26. The molecule has 1 rings (SSSR count). The van der Waals surface area contributed by atoms with Crippen molar-refractivity contribution in [3.63, 3.8) is 0 Å². The monoisotopic (exact) mass is 246 g/mol. The minimum atomic E-state index is -0.0622. The quantitative estimate of drug-likeness (QED) is 0.662. The molecule has 0 amide bonds. The number of nitrogens with zero attached hydrogens (tertiary/aromatic N) is 2. The molecule has 0 aliphatic rings. The van der Waals surface area contributed by atoms with Crippen LogP contribution in [0.3, 0.4) is 0 Å². The lowest BCUT2D eigenvalue weighted by atomic mass is 10.0. The van der Waals surface area contributed by atoms with Gasteiger partial charge >= 0.3 is 0 Å². The van der Waals surface area contributed by atoms with Crippen LogP contribution >= 0.6 is 0 Å². The Hall–Kier alpha value is -1.37. The molecule has 0 N–H and O–H groups in total. The Kier molecular flexibility index (Phi) is 7.09. The van der Waals surface area contributed by atoms with Crippen LogP contribution in [0.25, 0.3) is 0 Å². The molecular formula is C15H22N2O. The fraction of sp³-hybridized carbons (Fsp3) is 0.533. The van der Waals surface area contributed by atoms with Gasteiger partial charge in [-0.15, -0.1) is 0 Å². The van der Waals surface area contributed by atoms with Crippen molar-refractivity contribution in [1.82, 2.24) is 4.90 Å². The predicted octanol–water partition coefficient (Wildman–Crippen LogP) is 2.65. The zero-order valence-corrected chi connectivity index (χ0v) is 11.3. The first-order chi connectivity index (χ1) is 8.81. The summed E-state index contributed by atoms with van der Waals surface area (Å²) in [7, 11) is 0.